The van der Waals surface area contributed by atoms with Crippen molar-refractivity contribution in [1.82, 2.24) is 19.3 Å². The molecule has 0 aliphatic heterocycles. The smallest absolute Gasteiger partial charge is 0.325 e. The molecule has 3 heterocycles. The zero-order chi connectivity index (χ0) is 24.2. The minimum atomic E-state index is -4.51. The number of amides is 1. The van der Waals surface area contributed by atoms with Crippen molar-refractivity contribution in [1.29, 1.82) is 0 Å². The third-order valence-corrected chi connectivity index (χ3v) is 7.00. The van der Waals surface area contributed by atoms with Crippen molar-refractivity contribution in [2.75, 3.05) is 5.32 Å². The van der Waals surface area contributed by atoms with E-state index in [1.807, 2.05) is 13.8 Å². The summed E-state index contributed by atoms with van der Waals surface area (Å²) in [5.74, 6) is -0.347. The molecule has 0 saturated heterocycles. The molecular formula is C23H20F3N5O2S. The number of thiophene rings is 1. The fourth-order valence-corrected chi connectivity index (χ4v) is 4.82. The molecule has 1 aliphatic rings. The monoisotopic (exact) mass is 487 g/mol. The number of nitrogens with zero attached hydrogens (tertiary/aromatic N) is 4. The van der Waals surface area contributed by atoms with E-state index in [9.17, 15) is 22.8 Å². The minimum absolute atomic E-state index is 0.0721. The van der Waals surface area contributed by atoms with Crippen LogP contribution in [0.25, 0.3) is 15.9 Å². The molecule has 0 unspecified atom stereocenters. The normalized spacial score (nSPS) is 14.0. The predicted molar refractivity (Wildman–Crippen MR) is 123 cm³/mol. The zero-order valence-electron chi connectivity index (χ0n) is 18.3. The second kappa shape index (κ2) is 8.08. The number of fused-ring (bicyclic) bond motifs is 1. The summed E-state index contributed by atoms with van der Waals surface area (Å²) in [5, 5.41) is 6.99. The molecule has 11 heteroatoms. The maximum absolute atomic E-state index is 13.2. The number of anilines is 1. The topological polar surface area (TPSA) is 81.8 Å². The highest BCUT2D eigenvalue weighted by molar-refractivity contribution is 7.18. The van der Waals surface area contributed by atoms with Crippen molar-refractivity contribution in [3.05, 3.63) is 68.8 Å². The van der Waals surface area contributed by atoms with Crippen LogP contribution in [0.1, 0.15) is 40.6 Å². The Labute approximate surface area is 195 Å². The van der Waals surface area contributed by atoms with Gasteiger partial charge in [-0.2, -0.15) is 18.3 Å². The van der Waals surface area contributed by atoms with E-state index >= 15 is 0 Å². The van der Waals surface area contributed by atoms with Crippen molar-refractivity contribution in [3.63, 3.8) is 0 Å². The first-order valence-corrected chi connectivity index (χ1v) is 11.5. The lowest BCUT2D eigenvalue weighted by atomic mass is 10.2. The van der Waals surface area contributed by atoms with Gasteiger partial charge in [-0.1, -0.05) is 0 Å². The van der Waals surface area contributed by atoms with Gasteiger partial charge >= 0.3 is 6.18 Å². The van der Waals surface area contributed by atoms with Gasteiger partial charge in [0.2, 0.25) is 5.91 Å². The molecule has 1 fully saturated rings. The summed E-state index contributed by atoms with van der Waals surface area (Å²) in [6, 6.07) is 7.50. The standard InChI is InChI=1S/C23H20F3N5O2S/c1-12-13(2)34-21-20(12)22(33)30(11-27-21)10-19(32)28-15-5-7-16(8-6-15)31-17(14-3-4-14)9-18(29-31)23(24,25)26/h5-9,11,14H,3-4,10H2,1-2H3,(H,28,32). The highest BCUT2D eigenvalue weighted by Crippen LogP contribution is 2.43. The van der Waals surface area contributed by atoms with Crippen LogP contribution in [0.2, 0.25) is 0 Å². The van der Waals surface area contributed by atoms with Crippen LogP contribution in [0.4, 0.5) is 18.9 Å². The second-order valence-electron chi connectivity index (χ2n) is 8.37. The van der Waals surface area contributed by atoms with Gasteiger partial charge in [0.15, 0.2) is 5.69 Å². The lowest BCUT2D eigenvalue weighted by molar-refractivity contribution is -0.141. The number of rotatable bonds is 5. The summed E-state index contributed by atoms with van der Waals surface area (Å²) in [7, 11) is 0. The molecule has 0 radical (unpaired) electrons. The van der Waals surface area contributed by atoms with Crippen LogP contribution in [0.3, 0.4) is 0 Å². The van der Waals surface area contributed by atoms with E-state index in [1.165, 1.54) is 26.9 Å². The van der Waals surface area contributed by atoms with E-state index in [4.69, 9.17) is 0 Å². The van der Waals surface area contributed by atoms with Gasteiger partial charge in [0.25, 0.3) is 5.56 Å². The Morgan fingerprint density at radius 1 is 1.21 bits per heavy atom. The lowest BCUT2D eigenvalue weighted by Gasteiger charge is -2.10. The van der Waals surface area contributed by atoms with Gasteiger partial charge in [-0.25, -0.2) is 9.67 Å². The van der Waals surface area contributed by atoms with Crippen LogP contribution in [-0.4, -0.2) is 25.2 Å². The molecule has 34 heavy (non-hydrogen) atoms. The number of hydrogen-bond acceptors (Lipinski definition) is 5. The first kappa shape index (κ1) is 22.3. The quantitative estimate of drug-likeness (QED) is 0.439. The van der Waals surface area contributed by atoms with Crippen LogP contribution in [0.15, 0.2) is 41.5 Å². The molecule has 0 atom stereocenters. The molecule has 7 nitrogen and oxygen atoms in total. The number of aryl methyl sites for hydroxylation is 2. The number of nitrogens with one attached hydrogen (secondary N) is 1. The number of halogens is 3. The molecule has 0 bridgehead atoms. The SMILES string of the molecule is Cc1sc2ncn(CC(=O)Nc3ccc(-n4nc(C(F)(F)F)cc4C4CC4)cc3)c(=O)c2c1C. The number of alkyl halides is 3. The van der Waals surface area contributed by atoms with Crippen molar-refractivity contribution in [2.24, 2.45) is 0 Å². The van der Waals surface area contributed by atoms with Crippen LogP contribution >= 0.6 is 11.3 Å². The number of benzene rings is 1. The van der Waals surface area contributed by atoms with E-state index < -0.39 is 17.8 Å². The Morgan fingerprint density at radius 2 is 1.91 bits per heavy atom. The minimum Gasteiger partial charge on any atom is -0.325 e. The van der Waals surface area contributed by atoms with E-state index in [0.29, 0.717) is 27.3 Å². The number of hydrogen-bond donors (Lipinski definition) is 1. The molecule has 1 saturated carbocycles. The maximum Gasteiger partial charge on any atom is 0.435 e. The van der Waals surface area contributed by atoms with Gasteiger partial charge in [0.05, 0.1) is 17.4 Å². The molecule has 1 N–H and O–H groups in total. The van der Waals surface area contributed by atoms with Crippen molar-refractivity contribution >= 4 is 33.1 Å². The van der Waals surface area contributed by atoms with Crippen LogP contribution in [0.5, 0.6) is 0 Å². The summed E-state index contributed by atoms with van der Waals surface area (Å²) in [6.45, 7) is 3.57. The molecule has 5 rings (SSSR count). The van der Waals surface area contributed by atoms with E-state index in [-0.39, 0.29) is 18.0 Å². The van der Waals surface area contributed by atoms with Gasteiger partial charge < -0.3 is 5.32 Å². The van der Waals surface area contributed by atoms with Gasteiger partial charge in [-0.05, 0) is 62.6 Å². The molecule has 4 aromatic rings. The number of carbonyl (C=O) groups is 1. The first-order chi connectivity index (χ1) is 16.1. The summed E-state index contributed by atoms with van der Waals surface area (Å²) < 4.78 is 42.0. The van der Waals surface area contributed by atoms with Crippen LogP contribution in [0, 0.1) is 13.8 Å². The number of aromatic nitrogens is 4. The highest BCUT2D eigenvalue weighted by atomic mass is 32.1. The van der Waals surface area contributed by atoms with E-state index in [2.05, 4.69) is 15.4 Å². The molecule has 3 aromatic heterocycles. The largest absolute Gasteiger partial charge is 0.435 e. The Bertz CT molecular complexity index is 1460. The summed E-state index contributed by atoms with van der Waals surface area (Å²) in [5.41, 5.74) is 1.13. The van der Waals surface area contributed by atoms with Gasteiger partial charge in [-0.15, -0.1) is 11.3 Å². The third kappa shape index (κ3) is 4.11. The summed E-state index contributed by atoms with van der Waals surface area (Å²) in [6.07, 6.45) is -1.49. The fourth-order valence-electron chi connectivity index (χ4n) is 3.83. The molecule has 1 aliphatic carbocycles. The Hall–Kier alpha value is -3.47. The van der Waals surface area contributed by atoms with E-state index in [0.717, 1.165) is 29.3 Å². The maximum atomic E-state index is 13.2. The average Bonchev–Trinajstić information content (AvgIpc) is 3.45. The van der Waals surface area contributed by atoms with Crippen molar-refractivity contribution < 1.29 is 18.0 Å². The van der Waals surface area contributed by atoms with Crippen molar-refractivity contribution in [3.8, 4) is 5.69 Å². The fraction of sp³-hybridized carbons (Fsp3) is 0.304. The Balaban J connectivity index is 1.33. The third-order valence-electron chi connectivity index (χ3n) is 5.89. The number of carbonyl (C=O) groups excluding carboxylic acids is 1. The molecule has 1 aromatic carbocycles. The first-order valence-electron chi connectivity index (χ1n) is 10.6. The average molecular weight is 488 g/mol. The second-order valence-corrected chi connectivity index (χ2v) is 9.58. The highest BCUT2D eigenvalue weighted by Gasteiger charge is 2.38. The molecule has 0 spiro atoms. The van der Waals surface area contributed by atoms with Crippen LogP contribution < -0.4 is 10.9 Å². The lowest BCUT2D eigenvalue weighted by Crippen LogP contribution is -2.27. The van der Waals surface area contributed by atoms with Gasteiger partial charge in [0.1, 0.15) is 11.4 Å². The van der Waals surface area contributed by atoms with Crippen LogP contribution in [-0.2, 0) is 17.5 Å². The predicted octanol–water partition coefficient (Wildman–Crippen LogP) is 4.80. The Kier molecular flexibility index (Phi) is 5.31. The van der Waals surface area contributed by atoms with Gasteiger partial charge in [0, 0.05) is 22.2 Å². The molecular weight excluding hydrogens is 467 g/mol. The zero-order valence-corrected chi connectivity index (χ0v) is 19.1. The summed E-state index contributed by atoms with van der Waals surface area (Å²) in [4.78, 5) is 31.3. The molecule has 1 amide bonds. The summed E-state index contributed by atoms with van der Waals surface area (Å²) >= 11 is 1.44. The van der Waals surface area contributed by atoms with Crippen molar-refractivity contribution in [2.45, 2.75) is 45.3 Å². The van der Waals surface area contributed by atoms with E-state index in [1.54, 1.807) is 24.3 Å². The molecule has 176 valence electrons. The Morgan fingerprint density at radius 3 is 2.56 bits per heavy atom. The van der Waals surface area contributed by atoms with Gasteiger partial charge in [-0.3, -0.25) is 14.2 Å².